The van der Waals surface area contributed by atoms with Crippen molar-refractivity contribution in [1.29, 1.82) is 0 Å². The third-order valence-corrected chi connectivity index (χ3v) is 3.23. The number of ether oxygens (including phenoxy) is 1. The standard InChI is InChI=1S/C11H14N4O4/c12-7-2-1-5-10(14-7)15(4-13-5)11-9(18)8(17)6(3-16)19-11/h1-2,4,6,8-9,11,16-18H,3H2,(H2,12,14)/t6-,8-,9-,11-/m1/s1. The van der Waals surface area contributed by atoms with Crippen molar-refractivity contribution in [3.63, 3.8) is 0 Å². The Kier molecular flexibility index (Phi) is 2.86. The molecule has 2 aromatic rings. The van der Waals surface area contributed by atoms with Gasteiger partial charge < -0.3 is 25.8 Å². The number of pyridine rings is 1. The molecule has 3 rings (SSSR count). The van der Waals surface area contributed by atoms with Crippen LogP contribution in [-0.2, 0) is 4.74 Å². The van der Waals surface area contributed by atoms with Crippen molar-refractivity contribution in [2.45, 2.75) is 24.5 Å². The van der Waals surface area contributed by atoms with Crippen LogP contribution in [0.4, 0.5) is 5.82 Å². The number of rotatable bonds is 2. The minimum atomic E-state index is -1.17. The van der Waals surface area contributed by atoms with E-state index in [-0.39, 0.29) is 6.61 Å². The van der Waals surface area contributed by atoms with Crippen molar-refractivity contribution in [1.82, 2.24) is 14.5 Å². The normalized spacial score (nSPS) is 31.1. The van der Waals surface area contributed by atoms with Crippen LogP contribution in [0, 0.1) is 0 Å². The van der Waals surface area contributed by atoms with Crippen molar-refractivity contribution in [2.75, 3.05) is 12.3 Å². The van der Waals surface area contributed by atoms with Gasteiger partial charge in [-0.25, -0.2) is 9.97 Å². The maximum atomic E-state index is 9.97. The third-order valence-electron chi connectivity index (χ3n) is 3.23. The number of aliphatic hydroxyl groups excluding tert-OH is 3. The molecular weight excluding hydrogens is 252 g/mol. The second-order valence-electron chi connectivity index (χ2n) is 4.46. The first-order valence-electron chi connectivity index (χ1n) is 5.83. The number of anilines is 1. The summed E-state index contributed by atoms with van der Waals surface area (Å²) in [7, 11) is 0. The Bertz CT molecular complexity index is 601. The molecule has 8 heteroatoms. The molecule has 8 nitrogen and oxygen atoms in total. The molecule has 102 valence electrons. The monoisotopic (exact) mass is 266 g/mol. The Morgan fingerprint density at radius 2 is 2.11 bits per heavy atom. The summed E-state index contributed by atoms with van der Waals surface area (Å²) in [6.07, 6.45) is -2.56. The number of hydrogen-bond acceptors (Lipinski definition) is 7. The largest absolute Gasteiger partial charge is 0.394 e. The van der Waals surface area contributed by atoms with E-state index >= 15 is 0 Å². The average Bonchev–Trinajstić information content (AvgIpc) is 2.92. The Morgan fingerprint density at radius 3 is 2.79 bits per heavy atom. The lowest BCUT2D eigenvalue weighted by Crippen LogP contribution is -2.33. The first-order valence-corrected chi connectivity index (χ1v) is 5.83. The SMILES string of the molecule is Nc1ccc2ncn([C@@H]3O[C@H](CO)[C@@H](O)[C@H]3O)c2n1. The first-order chi connectivity index (χ1) is 9.11. The Hall–Kier alpha value is -1.74. The molecule has 0 amide bonds. The van der Waals surface area contributed by atoms with Crippen molar-refractivity contribution in [3.05, 3.63) is 18.5 Å². The number of fused-ring (bicyclic) bond motifs is 1. The van der Waals surface area contributed by atoms with Gasteiger partial charge >= 0.3 is 0 Å². The van der Waals surface area contributed by atoms with Crippen molar-refractivity contribution in [2.24, 2.45) is 0 Å². The topological polar surface area (TPSA) is 127 Å². The van der Waals surface area contributed by atoms with Crippen LogP contribution in [-0.4, -0.2) is 54.8 Å². The molecular formula is C11H14N4O4. The first kappa shape index (κ1) is 12.3. The summed E-state index contributed by atoms with van der Waals surface area (Å²) in [5.41, 5.74) is 6.68. The molecule has 1 aliphatic heterocycles. The van der Waals surface area contributed by atoms with Crippen molar-refractivity contribution in [3.8, 4) is 0 Å². The van der Waals surface area contributed by atoms with Crippen LogP contribution in [0.3, 0.4) is 0 Å². The second kappa shape index (κ2) is 4.42. The quantitative estimate of drug-likeness (QED) is 0.528. The van der Waals surface area contributed by atoms with Crippen LogP contribution in [0.1, 0.15) is 6.23 Å². The highest BCUT2D eigenvalue weighted by molar-refractivity contribution is 5.72. The molecule has 3 heterocycles. The van der Waals surface area contributed by atoms with Crippen molar-refractivity contribution < 1.29 is 20.1 Å². The molecule has 1 fully saturated rings. The fraction of sp³-hybridized carbons (Fsp3) is 0.455. The average molecular weight is 266 g/mol. The molecule has 2 aromatic heterocycles. The van der Waals surface area contributed by atoms with Crippen LogP contribution < -0.4 is 5.73 Å². The van der Waals surface area contributed by atoms with E-state index in [0.717, 1.165) is 0 Å². The van der Waals surface area contributed by atoms with Gasteiger partial charge in [-0.2, -0.15) is 0 Å². The van der Waals surface area contributed by atoms with Gasteiger partial charge in [-0.3, -0.25) is 4.57 Å². The van der Waals surface area contributed by atoms with Gasteiger partial charge in [0.25, 0.3) is 0 Å². The molecule has 0 aromatic carbocycles. The number of aliphatic hydroxyl groups is 3. The molecule has 19 heavy (non-hydrogen) atoms. The van der Waals surface area contributed by atoms with E-state index in [1.54, 1.807) is 12.1 Å². The molecule has 0 unspecified atom stereocenters. The number of nitrogen functional groups attached to an aromatic ring is 1. The summed E-state index contributed by atoms with van der Waals surface area (Å²) in [5.74, 6) is 0.320. The number of nitrogens with two attached hydrogens (primary N) is 1. The number of hydrogen-bond donors (Lipinski definition) is 4. The van der Waals surface area contributed by atoms with Crippen LogP contribution in [0.5, 0.6) is 0 Å². The fourth-order valence-electron chi connectivity index (χ4n) is 2.22. The predicted octanol–water partition coefficient (Wildman–Crippen LogP) is -1.38. The Morgan fingerprint density at radius 1 is 1.32 bits per heavy atom. The fourth-order valence-corrected chi connectivity index (χ4v) is 2.22. The zero-order valence-corrected chi connectivity index (χ0v) is 9.92. The molecule has 0 spiro atoms. The molecule has 0 bridgehead atoms. The zero-order chi connectivity index (χ0) is 13.6. The van der Waals surface area contributed by atoms with E-state index in [4.69, 9.17) is 15.6 Å². The number of imidazole rings is 1. The zero-order valence-electron chi connectivity index (χ0n) is 9.92. The maximum Gasteiger partial charge on any atom is 0.165 e. The Balaban J connectivity index is 2.03. The van der Waals surface area contributed by atoms with E-state index in [9.17, 15) is 10.2 Å². The molecule has 0 aliphatic carbocycles. The lowest BCUT2D eigenvalue weighted by molar-refractivity contribution is -0.0511. The van der Waals surface area contributed by atoms with Gasteiger partial charge in [0.1, 0.15) is 29.6 Å². The van der Waals surface area contributed by atoms with Crippen LogP contribution in [0.25, 0.3) is 11.2 Å². The molecule has 0 radical (unpaired) electrons. The van der Waals surface area contributed by atoms with E-state index in [1.165, 1.54) is 10.9 Å². The second-order valence-corrected chi connectivity index (χ2v) is 4.46. The smallest absolute Gasteiger partial charge is 0.165 e. The summed E-state index contributed by atoms with van der Waals surface area (Å²) in [4.78, 5) is 8.26. The minimum Gasteiger partial charge on any atom is -0.394 e. The highest BCUT2D eigenvalue weighted by Gasteiger charge is 2.43. The van der Waals surface area contributed by atoms with Gasteiger partial charge in [0, 0.05) is 0 Å². The summed E-state index contributed by atoms with van der Waals surface area (Å²) < 4.78 is 6.91. The summed E-state index contributed by atoms with van der Waals surface area (Å²) in [6, 6.07) is 3.33. The lowest BCUT2D eigenvalue weighted by Gasteiger charge is -2.16. The van der Waals surface area contributed by atoms with Gasteiger partial charge in [-0.15, -0.1) is 0 Å². The van der Waals surface area contributed by atoms with E-state index in [1.807, 2.05) is 0 Å². The van der Waals surface area contributed by atoms with Gasteiger partial charge in [0.2, 0.25) is 0 Å². The maximum absolute atomic E-state index is 9.97. The number of nitrogens with zero attached hydrogens (tertiary/aromatic N) is 3. The number of aromatic nitrogens is 3. The highest BCUT2D eigenvalue weighted by Crippen LogP contribution is 2.31. The molecule has 1 saturated heterocycles. The molecule has 4 atom stereocenters. The summed E-state index contributed by atoms with van der Waals surface area (Å²) >= 11 is 0. The van der Waals surface area contributed by atoms with E-state index < -0.39 is 24.5 Å². The predicted molar refractivity (Wildman–Crippen MR) is 64.9 cm³/mol. The summed E-state index contributed by atoms with van der Waals surface area (Å²) in [5, 5.41) is 28.8. The Labute approximate surface area is 108 Å². The van der Waals surface area contributed by atoms with Gasteiger partial charge in [-0.1, -0.05) is 0 Å². The minimum absolute atomic E-state index is 0.320. The molecule has 5 N–H and O–H groups in total. The van der Waals surface area contributed by atoms with Crippen LogP contribution >= 0.6 is 0 Å². The van der Waals surface area contributed by atoms with Gasteiger partial charge in [0.15, 0.2) is 11.9 Å². The highest BCUT2D eigenvalue weighted by atomic mass is 16.6. The third kappa shape index (κ3) is 1.85. The van der Waals surface area contributed by atoms with Gasteiger partial charge in [0.05, 0.1) is 12.9 Å². The molecule has 0 saturated carbocycles. The lowest BCUT2D eigenvalue weighted by atomic mass is 10.1. The molecule has 1 aliphatic rings. The van der Waals surface area contributed by atoms with Crippen molar-refractivity contribution >= 4 is 17.0 Å². The van der Waals surface area contributed by atoms with E-state index in [2.05, 4.69) is 9.97 Å². The van der Waals surface area contributed by atoms with Gasteiger partial charge in [-0.05, 0) is 12.1 Å². The van der Waals surface area contributed by atoms with E-state index in [0.29, 0.717) is 17.0 Å². The van der Waals surface area contributed by atoms with Crippen LogP contribution in [0.15, 0.2) is 18.5 Å². The summed E-state index contributed by atoms with van der Waals surface area (Å²) in [6.45, 7) is -0.378. The van der Waals surface area contributed by atoms with Crippen LogP contribution in [0.2, 0.25) is 0 Å².